The van der Waals surface area contributed by atoms with E-state index in [1.54, 1.807) is 6.07 Å². The minimum absolute atomic E-state index is 0.650. The summed E-state index contributed by atoms with van der Waals surface area (Å²) < 4.78 is 0. The van der Waals surface area contributed by atoms with Crippen LogP contribution in [0.1, 0.15) is 11.1 Å². The van der Waals surface area contributed by atoms with Crippen LogP contribution in [0.2, 0.25) is 15.1 Å². The molecular weight excluding hydrogens is 263 g/mol. The minimum Gasteiger partial charge on any atom is -0.0843 e. The number of fused-ring (bicyclic) bond motifs is 3. The molecule has 1 aliphatic carbocycles. The van der Waals surface area contributed by atoms with Gasteiger partial charge in [0.1, 0.15) is 0 Å². The van der Waals surface area contributed by atoms with E-state index in [2.05, 4.69) is 6.07 Å². The molecule has 0 aromatic heterocycles. The molecule has 2 aromatic carbocycles. The molecule has 2 aromatic rings. The second kappa shape index (κ2) is 3.66. The predicted octanol–water partition coefficient (Wildman–Crippen LogP) is 5.22. The van der Waals surface area contributed by atoms with Crippen molar-refractivity contribution < 1.29 is 0 Å². The second-order valence-corrected chi connectivity index (χ2v) is 5.12. The molecule has 3 rings (SSSR count). The highest BCUT2D eigenvalue weighted by Crippen LogP contribution is 2.44. The van der Waals surface area contributed by atoms with Gasteiger partial charge in [0.05, 0.1) is 0 Å². The summed E-state index contributed by atoms with van der Waals surface area (Å²) in [4.78, 5) is 0. The van der Waals surface area contributed by atoms with Crippen LogP contribution in [0, 0.1) is 0 Å². The fraction of sp³-hybridized carbons (Fsp3) is 0.0769. The molecule has 0 unspecified atom stereocenters. The molecule has 0 aliphatic heterocycles. The zero-order valence-corrected chi connectivity index (χ0v) is 10.5. The van der Waals surface area contributed by atoms with Crippen LogP contribution in [0.4, 0.5) is 0 Å². The van der Waals surface area contributed by atoms with Gasteiger partial charge in [-0.2, -0.15) is 0 Å². The van der Waals surface area contributed by atoms with Crippen LogP contribution in [-0.4, -0.2) is 0 Å². The highest BCUT2D eigenvalue weighted by molar-refractivity contribution is 6.37. The molecule has 0 saturated heterocycles. The van der Waals surface area contributed by atoms with Crippen LogP contribution >= 0.6 is 34.8 Å². The Morgan fingerprint density at radius 1 is 0.938 bits per heavy atom. The monoisotopic (exact) mass is 268 g/mol. The van der Waals surface area contributed by atoms with Gasteiger partial charge < -0.3 is 0 Å². The van der Waals surface area contributed by atoms with Gasteiger partial charge in [0, 0.05) is 27.1 Å². The molecule has 0 nitrogen and oxygen atoms in total. The van der Waals surface area contributed by atoms with E-state index in [-0.39, 0.29) is 0 Å². The van der Waals surface area contributed by atoms with Crippen LogP contribution in [0.3, 0.4) is 0 Å². The molecule has 80 valence electrons. The molecule has 0 fully saturated rings. The predicted molar refractivity (Wildman–Crippen MR) is 69.7 cm³/mol. The molecule has 0 saturated carbocycles. The van der Waals surface area contributed by atoms with Gasteiger partial charge in [-0.15, -0.1) is 0 Å². The lowest BCUT2D eigenvalue weighted by Crippen LogP contribution is -1.82. The van der Waals surface area contributed by atoms with E-state index in [0.717, 1.165) is 33.2 Å². The first-order valence-electron chi connectivity index (χ1n) is 4.92. The van der Waals surface area contributed by atoms with Gasteiger partial charge >= 0.3 is 0 Å². The lowest BCUT2D eigenvalue weighted by atomic mass is 10.1. The van der Waals surface area contributed by atoms with Crippen LogP contribution in [0.15, 0.2) is 30.3 Å². The zero-order valence-electron chi connectivity index (χ0n) is 8.23. The highest BCUT2D eigenvalue weighted by Gasteiger charge is 2.23. The summed E-state index contributed by atoms with van der Waals surface area (Å²) in [6, 6.07) is 9.64. The van der Waals surface area contributed by atoms with Crippen molar-refractivity contribution in [3.63, 3.8) is 0 Å². The third kappa shape index (κ3) is 1.45. The molecule has 0 radical (unpaired) electrons. The Morgan fingerprint density at radius 2 is 1.75 bits per heavy atom. The summed E-state index contributed by atoms with van der Waals surface area (Å²) >= 11 is 18.4. The maximum Gasteiger partial charge on any atom is 0.0487 e. The summed E-state index contributed by atoms with van der Waals surface area (Å²) in [5.41, 5.74) is 4.47. The van der Waals surface area contributed by atoms with Crippen molar-refractivity contribution in [3.05, 3.63) is 56.5 Å². The number of rotatable bonds is 0. The molecule has 3 heteroatoms. The average molecular weight is 270 g/mol. The summed E-state index contributed by atoms with van der Waals surface area (Å²) in [6.45, 7) is 0. The number of hydrogen-bond donors (Lipinski definition) is 0. The smallest absolute Gasteiger partial charge is 0.0487 e. The van der Waals surface area contributed by atoms with E-state index in [4.69, 9.17) is 34.8 Å². The van der Waals surface area contributed by atoms with Gasteiger partial charge in [-0.1, -0.05) is 46.9 Å². The molecule has 0 amide bonds. The normalized spacial score (nSPS) is 12.4. The largest absolute Gasteiger partial charge is 0.0843 e. The van der Waals surface area contributed by atoms with Crippen LogP contribution in [0.5, 0.6) is 0 Å². The van der Waals surface area contributed by atoms with Gasteiger partial charge in [-0.25, -0.2) is 0 Å². The van der Waals surface area contributed by atoms with Crippen molar-refractivity contribution in [3.8, 4) is 11.1 Å². The molecule has 1 aliphatic rings. The number of benzene rings is 2. The molecule has 0 heterocycles. The number of hydrogen-bond acceptors (Lipinski definition) is 0. The van der Waals surface area contributed by atoms with Crippen LogP contribution in [-0.2, 0) is 6.42 Å². The Hall–Kier alpha value is -0.690. The van der Waals surface area contributed by atoms with E-state index in [9.17, 15) is 0 Å². The second-order valence-electron chi connectivity index (χ2n) is 3.86. The standard InChI is InChI=1S/C13H7Cl3/c14-8-5-10-9(12(16)6-8)4-7-2-1-3-11(15)13(7)10/h1-3,5-6H,4H2. The Bertz CT molecular complexity index is 588. The zero-order chi connectivity index (χ0) is 11.3. The van der Waals surface area contributed by atoms with Crippen molar-refractivity contribution in [2.45, 2.75) is 6.42 Å². The van der Waals surface area contributed by atoms with Crippen molar-refractivity contribution in [1.29, 1.82) is 0 Å². The lowest BCUT2D eigenvalue weighted by Gasteiger charge is -2.05. The third-order valence-corrected chi connectivity index (χ3v) is 3.77. The Kier molecular flexibility index (Phi) is 2.39. The summed E-state index contributed by atoms with van der Waals surface area (Å²) in [7, 11) is 0. The SMILES string of the molecule is Clc1cc(Cl)c2c(c1)-c1c(Cl)cccc1C2. The van der Waals surface area contributed by atoms with Gasteiger partial charge in [-0.3, -0.25) is 0 Å². The Morgan fingerprint density at radius 3 is 2.56 bits per heavy atom. The summed E-state index contributed by atoms with van der Waals surface area (Å²) in [5.74, 6) is 0. The quantitative estimate of drug-likeness (QED) is 0.525. The molecular formula is C13H7Cl3. The first kappa shape index (κ1) is 10.5. The first-order valence-corrected chi connectivity index (χ1v) is 6.06. The third-order valence-electron chi connectivity index (χ3n) is 2.90. The van der Waals surface area contributed by atoms with Crippen molar-refractivity contribution in [2.24, 2.45) is 0 Å². The fourth-order valence-corrected chi connectivity index (χ4v) is 3.07. The van der Waals surface area contributed by atoms with Crippen molar-refractivity contribution in [2.75, 3.05) is 0 Å². The maximum atomic E-state index is 6.22. The van der Waals surface area contributed by atoms with Gasteiger partial charge in [0.25, 0.3) is 0 Å². The minimum atomic E-state index is 0.650. The lowest BCUT2D eigenvalue weighted by molar-refractivity contribution is 1.26. The Labute approximate surface area is 109 Å². The van der Waals surface area contributed by atoms with Crippen LogP contribution in [0.25, 0.3) is 11.1 Å². The number of halogens is 3. The summed E-state index contributed by atoms with van der Waals surface area (Å²) in [5, 5.41) is 2.13. The van der Waals surface area contributed by atoms with Gasteiger partial charge in [-0.05, 0) is 34.9 Å². The van der Waals surface area contributed by atoms with E-state index < -0.39 is 0 Å². The fourth-order valence-electron chi connectivity index (χ4n) is 2.21. The molecule has 0 spiro atoms. The maximum absolute atomic E-state index is 6.22. The molecule has 0 atom stereocenters. The molecule has 0 bridgehead atoms. The molecule has 16 heavy (non-hydrogen) atoms. The van der Waals surface area contributed by atoms with Gasteiger partial charge in [0.15, 0.2) is 0 Å². The van der Waals surface area contributed by atoms with Crippen LogP contribution < -0.4 is 0 Å². The van der Waals surface area contributed by atoms with E-state index in [0.29, 0.717) is 5.02 Å². The average Bonchev–Trinajstić information content (AvgIpc) is 2.58. The van der Waals surface area contributed by atoms with E-state index in [1.165, 1.54) is 5.56 Å². The summed E-state index contributed by atoms with van der Waals surface area (Å²) in [6.07, 6.45) is 0.835. The Balaban J connectivity index is 2.36. The molecule has 0 N–H and O–H groups in total. The van der Waals surface area contributed by atoms with Gasteiger partial charge in [0.2, 0.25) is 0 Å². The highest BCUT2D eigenvalue weighted by atomic mass is 35.5. The van der Waals surface area contributed by atoms with Crippen molar-refractivity contribution >= 4 is 34.8 Å². The van der Waals surface area contributed by atoms with E-state index >= 15 is 0 Å². The van der Waals surface area contributed by atoms with E-state index in [1.807, 2.05) is 18.2 Å². The topological polar surface area (TPSA) is 0 Å². The first-order chi connectivity index (χ1) is 7.66. The van der Waals surface area contributed by atoms with Crippen molar-refractivity contribution in [1.82, 2.24) is 0 Å².